The van der Waals surface area contributed by atoms with Gasteiger partial charge in [0.15, 0.2) is 9.84 Å². The van der Waals surface area contributed by atoms with Crippen LogP contribution in [0.25, 0.3) is 10.2 Å². The summed E-state index contributed by atoms with van der Waals surface area (Å²) in [4.78, 5) is 12.0. The number of hydrogen-bond donors (Lipinski definition) is 1. The van der Waals surface area contributed by atoms with E-state index in [-0.39, 0.29) is 11.5 Å². The van der Waals surface area contributed by atoms with Crippen LogP contribution in [-0.4, -0.2) is 49.5 Å². The van der Waals surface area contributed by atoms with Crippen molar-refractivity contribution in [1.82, 2.24) is 9.97 Å². The molecule has 0 atom stereocenters. The Labute approximate surface area is 121 Å². The summed E-state index contributed by atoms with van der Waals surface area (Å²) in [6, 6.07) is 1.99. The Bertz CT molecular complexity index is 712. The lowest BCUT2D eigenvalue weighted by Crippen LogP contribution is -2.40. The fourth-order valence-corrected chi connectivity index (χ4v) is 4.20. The van der Waals surface area contributed by atoms with E-state index in [9.17, 15) is 8.42 Å². The molecule has 8 heteroatoms. The van der Waals surface area contributed by atoms with E-state index in [1.54, 1.807) is 11.3 Å². The second-order valence-electron chi connectivity index (χ2n) is 4.68. The van der Waals surface area contributed by atoms with E-state index in [0.29, 0.717) is 19.0 Å². The first-order valence-electron chi connectivity index (χ1n) is 6.53. The number of thiophene rings is 1. The first-order chi connectivity index (χ1) is 9.59. The van der Waals surface area contributed by atoms with Crippen LogP contribution < -0.4 is 10.2 Å². The Morgan fingerprint density at radius 1 is 1.35 bits per heavy atom. The van der Waals surface area contributed by atoms with Gasteiger partial charge in [0.05, 0.1) is 16.9 Å². The largest absolute Gasteiger partial charge is 0.354 e. The van der Waals surface area contributed by atoms with Crippen molar-refractivity contribution in [1.29, 1.82) is 0 Å². The van der Waals surface area contributed by atoms with Crippen molar-refractivity contribution in [2.24, 2.45) is 0 Å². The van der Waals surface area contributed by atoms with Crippen LogP contribution in [0.5, 0.6) is 0 Å². The van der Waals surface area contributed by atoms with Crippen molar-refractivity contribution < 1.29 is 8.42 Å². The summed E-state index contributed by atoms with van der Waals surface area (Å²) >= 11 is 1.57. The monoisotopic (exact) mass is 312 g/mol. The minimum Gasteiger partial charge on any atom is -0.354 e. The molecule has 1 saturated heterocycles. The van der Waals surface area contributed by atoms with Crippen LogP contribution in [0.15, 0.2) is 11.4 Å². The summed E-state index contributed by atoms with van der Waals surface area (Å²) in [5.74, 6) is 1.83. The normalized spacial score (nSPS) is 18.4. The van der Waals surface area contributed by atoms with E-state index in [0.717, 1.165) is 22.6 Å². The van der Waals surface area contributed by atoms with E-state index in [2.05, 4.69) is 15.3 Å². The van der Waals surface area contributed by atoms with Gasteiger partial charge in [-0.1, -0.05) is 0 Å². The lowest BCUT2D eigenvalue weighted by Gasteiger charge is -2.28. The molecule has 0 aliphatic carbocycles. The van der Waals surface area contributed by atoms with Gasteiger partial charge in [-0.3, -0.25) is 0 Å². The molecule has 2 aromatic rings. The molecule has 0 spiro atoms. The first kappa shape index (κ1) is 13.6. The summed E-state index contributed by atoms with van der Waals surface area (Å²) in [6.07, 6.45) is 0. The maximum atomic E-state index is 11.5. The lowest BCUT2D eigenvalue weighted by molar-refractivity contribution is 0.586. The molecule has 0 saturated carbocycles. The zero-order valence-electron chi connectivity index (χ0n) is 11.2. The molecule has 1 aliphatic rings. The number of nitrogens with zero attached hydrogens (tertiary/aromatic N) is 3. The number of rotatable bonds is 3. The number of nitrogens with one attached hydrogen (secondary N) is 1. The van der Waals surface area contributed by atoms with Crippen LogP contribution >= 0.6 is 11.3 Å². The molecule has 1 fully saturated rings. The van der Waals surface area contributed by atoms with Crippen LogP contribution in [0.3, 0.4) is 0 Å². The van der Waals surface area contributed by atoms with Crippen molar-refractivity contribution in [3.63, 3.8) is 0 Å². The topological polar surface area (TPSA) is 75.2 Å². The Balaban J connectivity index is 1.99. The number of anilines is 2. The molecule has 108 valence electrons. The smallest absolute Gasteiger partial charge is 0.226 e. The molecule has 1 N–H and O–H groups in total. The molecular formula is C12H16N4O2S2. The Morgan fingerprint density at radius 2 is 2.10 bits per heavy atom. The van der Waals surface area contributed by atoms with Gasteiger partial charge in [-0.05, 0) is 18.4 Å². The van der Waals surface area contributed by atoms with E-state index < -0.39 is 9.84 Å². The minimum atomic E-state index is -2.88. The Hall–Kier alpha value is -1.41. The van der Waals surface area contributed by atoms with Crippen molar-refractivity contribution >= 4 is 43.2 Å². The van der Waals surface area contributed by atoms with Crippen LogP contribution in [0.4, 0.5) is 11.8 Å². The molecule has 0 amide bonds. The zero-order valence-corrected chi connectivity index (χ0v) is 12.8. The highest BCUT2D eigenvalue weighted by molar-refractivity contribution is 7.91. The Kier molecular flexibility index (Phi) is 3.51. The van der Waals surface area contributed by atoms with Gasteiger partial charge in [-0.25, -0.2) is 13.4 Å². The molecular weight excluding hydrogens is 296 g/mol. The maximum Gasteiger partial charge on any atom is 0.226 e. The van der Waals surface area contributed by atoms with Gasteiger partial charge >= 0.3 is 0 Å². The van der Waals surface area contributed by atoms with Gasteiger partial charge < -0.3 is 10.2 Å². The third kappa shape index (κ3) is 2.57. The molecule has 2 aromatic heterocycles. The van der Waals surface area contributed by atoms with Crippen LogP contribution in [0, 0.1) is 0 Å². The highest BCUT2D eigenvalue weighted by atomic mass is 32.2. The maximum absolute atomic E-state index is 11.5. The second kappa shape index (κ2) is 5.17. The Morgan fingerprint density at radius 3 is 2.80 bits per heavy atom. The standard InChI is InChI=1S/C12H16N4O2S2/c1-2-13-12-14-10(9-3-6-19-11(9)15-12)16-4-7-20(17,18)8-5-16/h3,6H,2,4-5,7-8H2,1H3,(H,13,14,15). The summed E-state index contributed by atoms with van der Waals surface area (Å²) < 4.78 is 23.1. The third-order valence-corrected chi connectivity index (χ3v) is 5.70. The molecule has 0 radical (unpaired) electrons. The van der Waals surface area contributed by atoms with Crippen LogP contribution in [0.2, 0.25) is 0 Å². The van der Waals surface area contributed by atoms with Gasteiger partial charge in [-0.2, -0.15) is 4.98 Å². The third-order valence-electron chi connectivity index (χ3n) is 3.28. The number of aromatic nitrogens is 2. The van der Waals surface area contributed by atoms with E-state index in [1.165, 1.54) is 0 Å². The molecule has 0 bridgehead atoms. The summed E-state index contributed by atoms with van der Waals surface area (Å²) in [5, 5.41) is 6.11. The molecule has 0 aromatic carbocycles. The number of hydrogen-bond acceptors (Lipinski definition) is 7. The highest BCUT2D eigenvalue weighted by Gasteiger charge is 2.24. The number of fused-ring (bicyclic) bond motifs is 1. The summed E-state index contributed by atoms with van der Waals surface area (Å²) in [6.45, 7) is 3.74. The second-order valence-corrected chi connectivity index (χ2v) is 7.88. The lowest BCUT2D eigenvalue weighted by atomic mass is 10.3. The fraction of sp³-hybridized carbons (Fsp3) is 0.500. The van der Waals surface area contributed by atoms with Gasteiger partial charge in [-0.15, -0.1) is 11.3 Å². The average molecular weight is 312 g/mol. The molecule has 0 unspecified atom stereocenters. The van der Waals surface area contributed by atoms with Gasteiger partial charge in [0.1, 0.15) is 10.6 Å². The van der Waals surface area contributed by atoms with Crippen LogP contribution in [0.1, 0.15) is 6.92 Å². The van der Waals surface area contributed by atoms with E-state index in [4.69, 9.17) is 0 Å². The summed E-state index contributed by atoms with van der Waals surface area (Å²) in [5.41, 5.74) is 0. The molecule has 20 heavy (non-hydrogen) atoms. The average Bonchev–Trinajstić information content (AvgIpc) is 2.86. The molecule has 1 aliphatic heterocycles. The van der Waals surface area contributed by atoms with Crippen molar-refractivity contribution in [3.05, 3.63) is 11.4 Å². The molecule has 3 rings (SSSR count). The predicted molar refractivity (Wildman–Crippen MR) is 82.4 cm³/mol. The van der Waals surface area contributed by atoms with Crippen molar-refractivity contribution in [3.8, 4) is 0 Å². The molecule has 6 nitrogen and oxygen atoms in total. The highest BCUT2D eigenvalue weighted by Crippen LogP contribution is 2.29. The zero-order chi connectivity index (χ0) is 14.2. The van der Waals surface area contributed by atoms with Crippen LogP contribution in [-0.2, 0) is 9.84 Å². The van der Waals surface area contributed by atoms with Gasteiger partial charge in [0.25, 0.3) is 0 Å². The number of sulfone groups is 1. The first-order valence-corrected chi connectivity index (χ1v) is 9.23. The van der Waals surface area contributed by atoms with Gasteiger partial charge in [0.2, 0.25) is 5.95 Å². The van der Waals surface area contributed by atoms with Crippen molar-refractivity contribution in [2.45, 2.75) is 6.92 Å². The fourth-order valence-electron chi connectivity index (χ4n) is 2.24. The van der Waals surface area contributed by atoms with E-state index >= 15 is 0 Å². The van der Waals surface area contributed by atoms with Gasteiger partial charge in [0, 0.05) is 19.6 Å². The molecule has 3 heterocycles. The van der Waals surface area contributed by atoms with E-state index in [1.807, 2.05) is 23.3 Å². The SMILES string of the molecule is CCNc1nc(N2CCS(=O)(=O)CC2)c2ccsc2n1. The summed E-state index contributed by atoms with van der Waals surface area (Å²) in [7, 11) is -2.88. The quantitative estimate of drug-likeness (QED) is 0.922. The predicted octanol–water partition coefficient (Wildman–Crippen LogP) is 1.36. The van der Waals surface area contributed by atoms with Crippen molar-refractivity contribution in [2.75, 3.05) is 41.4 Å². The minimum absolute atomic E-state index is 0.194.